The van der Waals surface area contributed by atoms with Crippen molar-refractivity contribution >= 4 is 29.1 Å². The van der Waals surface area contributed by atoms with Gasteiger partial charge in [0.1, 0.15) is 11.5 Å². The Bertz CT molecular complexity index is 1010. The van der Waals surface area contributed by atoms with E-state index < -0.39 is 0 Å². The molecule has 1 saturated heterocycles. The fourth-order valence-electron chi connectivity index (χ4n) is 3.21. The maximum atomic E-state index is 12.8. The number of piperidine rings is 1. The molecule has 8 nitrogen and oxygen atoms in total. The number of carbonyl (C=O) groups is 1. The number of rotatable bonds is 4. The molecule has 1 amide bonds. The normalized spacial score (nSPS) is 14.1. The first-order valence-electron chi connectivity index (χ1n) is 9.06. The number of likely N-dealkylation sites (tertiary alicyclic amines) is 1. The minimum absolute atomic E-state index is 0.0988. The summed E-state index contributed by atoms with van der Waals surface area (Å²) in [5, 5.41) is 24.2. The van der Waals surface area contributed by atoms with Gasteiger partial charge in [-0.3, -0.25) is 4.79 Å². The average molecular weight is 434 g/mol. The SMILES string of the molecule is O=C(c1cc(Oc2c(Cl)cc(-c3nnn[nH]3)cc2Cl)ccc1O)N1CCCCC1. The Hall–Kier alpha value is -2.84. The topological polar surface area (TPSA) is 104 Å². The molecular formula is C19H17Cl2N5O3. The van der Waals surface area contributed by atoms with Crippen LogP contribution in [0.25, 0.3) is 11.4 Å². The van der Waals surface area contributed by atoms with Crippen molar-refractivity contribution in [3.63, 3.8) is 0 Å². The summed E-state index contributed by atoms with van der Waals surface area (Å²) in [7, 11) is 0. The number of aromatic nitrogens is 4. The molecule has 1 fully saturated rings. The third-order valence-corrected chi connectivity index (χ3v) is 5.24. The molecule has 0 unspecified atom stereocenters. The van der Waals surface area contributed by atoms with Crippen molar-refractivity contribution in [2.24, 2.45) is 0 Å². The van der Waals surface area contributed by atoms with E-state index in [2.05, 4.69) is 20.6 Å². The Labute approximate surface area is 176 Å². The number of ether oxygens (including phenoxy) is 1. The van der Waals surface area contributed by atoms with Crippen LogP contribution in [-0.2, 0) is 0 Å². The van der Waals surface area contributed by atoms with Gasteiger partial charge in [-0.1, -0.05) is 23.2 Å². The lowest BCUT2D eigenvalue weighted by Crippen LogP contribution is -2.35. The predicted molar refractivity (Wildman–Crippen MR) is 108 cm³/mol. The van der Waals surface area contributed by atoms with Crippen molar-refractivity contribution < 1.29 is 14.6 Å². The van der Waals surface area contributed by atoms with Crippen LogP contribution >= 0.6 is 23.2 Å². The second kappa shape index (κ2) is 8.26. The summed E-state index contributed by atoms with van der Waals surface area (Å²) in [6, 6.07) is 7.69. The van der Waals surface area contributed by atoms with Crippen LogP contribution < -0.4 is 4.74 Å². The van der Waals surface area contributed by atoms with Crippen molar-refractivity contribution in [3.8, 4) is 28.6 Å². The summed E-state index contributed by atoms with van der Waals surface area (Å²) in [6.07, 6.45) is 3.03. The summed E-state index contributed by atoms with van der Waals surface area (Å²) in [4.78, 5) is 14.5. The Morgan fingerprint density at radius 2 is 1.83 bits per heavy atom. The second-order valence-electron chi connectivity index (χ2n) is 6.65. The van der Waals surface area contributed by atoms with Gasteiger partial charge in [0.15, 0.2) is 11.6 Å². The number of nitrogens with one attached hydrogen (secondary N) is 1. The molecule has 29 heavy (non-hydrogen) atoms. The number of phenols is 1. The van der Waals surface area contributed by atoms with E-state index in [1.807, 2.05) is 0 Å². The van der Waals surface area contributed by atoms with Gasteiger partial charge in [-0.05, 0) is 60.0 Å². The molecule has 2 N–H and O–H groups in total. The van der Waals surface area contributed by atoms with E-state index in [1.54, 1.807) is 23.1 Å². The number of H-pyrrole nitrogens is 1. The van der Waals surface area contributed by atoms with Gasteiger partial charge in [0, 0.05) is 18.7 Å². The number of benzene rings is 2. The maximum absolute atomic E-state index is 12.8. The Balaban J connectivity index is 1.61. The number of carbonyl (C=O) groups excluding carboxylic acids is 1. The van der Waals surface area contributed by atoms with Crippen LogP contribution in [0.1, 0.15) is 29.6 Å². The molecule has 1 aromatic heterocycles. The maximum Gasteiger partial charge on any atom is 0.257 e. The molecule has 1 aliphatic heterocycles. The molecule has 0 atom stereocenters. The second-order valence-corrected chi connectivity index (χ2v) is 7.47. The van der Waals surface area contributed by atoms with Gasteiger partial charge >= 0.3 is 0 Å². The molecule has 1 aliphatic rings. The van der Waals surface area contributed by atoms with Crippen LogP contribution in [0.3, 0.4) is 0 Å². The van der Waals surface area contributed by atoms with E-state index in [0.717, 1.165) is 19.3 Å². The number of nitrogens with zero attached hydrogens (tertiary/aromatic N) is 4. The highest BCUT2D eigenvalue weighted by Crippen LogP contribution is 2.40. The first kappa shape index (κ1) is 19.5. The number of aromatic hydroxyl groups is 1. The molecule has 3 aromatic rings. The lowest BCUT2D eigenvalue weighted by atomic mass is 10.1. The van der Waals surface area contributed by atoms with E-state index >= 15 is 0 Å². The van der Waals surface area contributed by atoms with Crippen molar-refractivity contribution in [1.29, 1.82) is 0 Å². The highest BCUT2D eigenvalue weighted by atomic mass is 35.5. The highest BCUT2D eigenvalue weighted by Gasteiger charge is 2.22. The van der Waals surface area contributed by atoms with Gasteiger partial charge in [-0.25, -0.2) is 5.10 Å². The zero-order valence-electron chi connectivity index (χ0n) is 15.2. The van der Waals surface area contributed by atoms with E-state index in [9.17, 15) is 9.90 Å². The number of aromatic amines is 1. The minimum Gasteiger partial charge on any atom is -0.507 e. The Morgan fingerprint density at radius 1 is 1.10 bits per heavy atom. The molecule has 150 valence electrons. The van der Waals surface area contributed by atoms with E-state index in [1.165, 1.54) is 12.1 Å². The van der Waals surface area contributed by atoms with Crippen molar-refractivity contribution in [2.75, 3.05) is 13.1 Å². The van der Waals surface area contributed by atoms with Crippen LogP contribution in [0.5, 0.6) is 17.2 Å². The fourth-order valence-corrected chi connectivity index (χ4v) is 3.77. The van der Waals surface area contributed by atoms with Gasteiger partial charge in [0.05, 0.1) is 15.6 Å². The summed E-state index contributed by atoms with van der Waals surface area (Å²) in [5.74, 6) is 0.656. The number of hydrogen-bond acceptors (Lipinski definition) is 6. The minimum atomic E-state index is -0.224. The molecule has 0 spiro atoms. The average Bonchev–Trinajstić information content (AvgIpc) is 3.27. The molecule has 10 heteroatoms. The molecule has 2 aromatic carbocycles. The number of phenolic OH excluding ortho intramolecular Hbond substituents is 1. The summed E-state index contributed by atoms with van der Waals surface area (Å²) < 4.78 is 5.84. The lowest BCUT2D eigenvalue weighted by Gasteiger charge is -2.27. The van der Waals surface area contributed by atoms with Crippen LogP contribution in [0.2, 0.25) is 10.0 Å². The standard InChI is InChI=1S/C19H17Cl2N5O3/c20-14-8-11(18-22-24-25-23-18)9-15(21)17(14)29-12-4-5-16(27)13(10-12)19(28)26-6-2-1-3-7-26/h4-5,8-10,27H,1-3,6-7H2,(H,22,23,24,25). The molecule has 0 aliphatic carbocycles. The number of hydrogen-bond donors (Lipinski definition) is 2. The largest absolute Gasteiger partial charge is 0.507 e. The van der Waals surface area contributed by atoms with Gasteiger partial charge in [0.25, 0.3) is 5.91 Å². The van der Waals surface area contributed by atoms with Gasteiger partial charge in [-0.2, -0.15) is 0 Å². The quantitative estimate of drug-likeness (QED) is 0.635. The molecule has 4 rings (SSSR count). The zero-order chi connectivity index (χ0) is 20.4. The summed E-state index contributed by atoms with van der Waals surface area (Å²) in [6.45, 7) is 1.36. The van der Waals surface area contributed by atoms with Crippen LogP contribution in [0.4, 0.5) is 0 Å². The summed E-state index contributed by atoms with van der Waals surface area (Å²) >= 11 is 12.7. The van der Waals surface area contributed by atoms with Crippen LogP contribution in [0.15, 0.2) is 30.3 Å². The number of amides is 1. The third kappa shape index (κ3) is 4.13. The number of tetrazole rings is 1. The first-order valence-corrected chi connectivity index (χ1v) is 9.82. The third-order valence-electron chi connectivity index (χ3n) is 4.68. The van der Waals surface area contributed by atoms with E-state index in [-0.39, 0.29) is 33.0 Å². The lowest BCUT2D eigenvalue weighted by molar-refractivity contribution is 0.0721. The molecular weight excluding hydrogens is 417 g/mol. The van der Waals surface area contributed by atoms with Crippen molar-refractivity contribution in [3.05, 3.63) is 45.9 Å². The number of halogens is 2. The molecule has 0 bridgehead atoms. The Morgan fingerprint density at radius 3 is 2.48 bits per heavy atom. The first-order chi connectivity index (χ1) is 14.0. The van der Waals surface area contributed by atoms with Gasteiger partial charge < -0.3 is 14.7 Å². The molecule has 2 heterocycles. The summed E-state index contributed by atoms with van der Waals surface area (Å²) in [5.41, 5.74) is 0.782. The highest BCUT2D eigenvalue weighted by molar-refractivity contribution is 6.37. The zero-order valence-corrected chi connectivity index (χ0v) is 16.7. The van der Waals surface area contributed by atoms with Gasteiger partial charge in [-0.15, -0.1) is 5.10 Å². The smallest absolute Gasteiger partial charge is 0.257 e. The Kier molecular flexibility index (Phi) is 5.55. The predicted octanol–water partition coefficient (Wildman–Crippen LogP) is 4.30. The van der Waals surface area contributed by atoms with Crippen molar-refractivity contribution in [1.82, 2.24) is 25.5 Å². The van der Waals surface area contributed by atoms with E-state index in [4.69, 9.17) is 27.9 Å². The van der Waals surface area contributed by atoms with Crippen molar-refractivity contribution in [2.45, 2.75) is 19.3 Å². The monoisotopic (exact) mass is 433 g/mol. The van der Waals surface area contributed by atoms with Gasteiger partial charge in [0.2, 0.25) is 0 Å². The fraction of sp³-hybridized carbons (Fsp3) is 0.263. The molecule has 0 saturated carbocycles. The molecule has 0 radical (unpaired) electrons. The van der Waals surface area contributed by atoms with Crippen LogP contribution in [-0.4, -0.2) is 49.6 Å². The van der Waals surface area contributed by atoms with E-state index in [0.29, 0.717) is 30.2 Å². The van der Waals surface area contributed by atoms with Crippen LogP contribution in [0, 0.1) is 0 Å².